The Bertz CT molecular complexity index is 362. The maximum absolute atomic E-state index is 13.2. The third-order valence-corrected chi connectivity index (χ3v) is 2.10. The topological polar surface area (TPSA) is 35.5 Å². The van der Waals surface area contributed by atoms with Crippen molar-refractivity contribution in [2.75, 3.05) is 32.5 Å². The van der Waals surface area contributed by atoms with Crippen LogP contribution in [0, 0.1) is 17.5 Å². The molecule has 0 radical (unpaired) electrons. The molecule has 0 aliphatic heterocycles. The van der Waals surface area contributed by atoms with E-state index in [9.17, 15) is 18.3 Å². The highest BCUT2D eigenvalue weighted by Gasteiger charge is 2.13. The molecule has 0 saturated carbocycles. The summed E-state index contributed by atoms with van der Waals surface area (Å²) >= 11 is 0. The lowest BCUT2D eigenvalue weighted by atomic mass is 10.2. The molecule has 0 aliphatic rings. The van der Waals surface area contributed by atoms with Gasteiger partial charge in [0.2, 0.25) is 0 Å². The number of nitrogens with zero attached hydrogens (tertiary/aromatic N) is 1. The Morgan fingerprint density at radius 2 is 1.76 bits per heavy atom. The van der Waals surface area contributed by atoms with Gasteiger partial charge in [-0.3, -0.25) is 0 Å². The zero-order valence-electron chi connectivity index (χ0n) is 9.67. The molecule has 1 unspecified atom stereocenters. The number of aliphatic hydroxyl groups excluding tert-OH is 1. The fraction of sp³-hybridized carbons (Fsp3) is 0.455. The summed E-state index contributed by atoms with van der Waals surface area (Å²) in [4.78, 5) is 1.74. The summed E-state index contributed by atoms with van der Waals surface area (Å²) in [6.45, 7) is 0.342. The molecule has 1 aromatic carbocycles. The lowest BCUT2D eigenvalue weighted by Gasteiger charge is -2.17. The molecule has 0 saturated heterocycles. The highest BCUT2D eigenvalue weighted by Crippen LogP contribution is 2.19. The van der Waals surface area contributed by atoms with Gasteiger partial charge >= 0.3 is 0 Å². The molecule has 0 fully saturated rings. The Kier molecular flexibility index (Phi) is 4.77. The molecule has 2 N–H and O–H groups in total. The molecular weight excluding hydrogens is 233 g/mol. The predicted molar refractivity (Wildman–Crippen MR) is 59.4 cm³/mol. The average molecular weight is 248 g/mol. The molecule has 0 heterocycles. The van der Waals surface area contributed by atoms with Crippen LogP contribution in [0.15, 0.2) is 12.1 Å². The van der Waals surface area contributed by atoms with E-state index in [0.717, 1.165) is 0 Å². The van der Waals surface area contributed by atoms with Crippen LogP contribution in [0.1, 0.15) is 0 Å². The Morgan fingerprint density at radius 1 is 1.24 bits per heavy atom. The quantitative estimate of drug-likeness (QED) is 0.827. The second kappa shape index (κ2) is 5.88. The van der Waals surface area contributed by atoms with E-state index < -0.39 is 29.2 Å². The zero-order chi connectivity index (χ0) is 13.0. The minimum absolute atomic E-state index is 0.0162. The van der Waals surface area contributed by atoms with Crippen molar-refractivity contribution >= 4 is 5.69 Å². The third-order valence-electron chi connectivity index (χ3n) is 2.10. The van der Waals surface area contributed by atoms with Crippen molar-refractivity contribution in [1.82, 2.24) is 4.90 Å². The molecule has 1 atom stereocenters. The van der Waals surface area contributed by atoms with Crippen molar-refractivity contribution in [3.05, 3.63) is 29.6 Å². The number of likely N-dealkylation sites (N-methyl/N-ethyl adjacent to an activating group) is 1. The van der Waals surface area contributed by atoms with E-state index >= 15 is 0 Å². The molecule has 6 heteroatoms. The first kappa shape index (κ1) is 13.8. The first-order valence-electron chi connectivity index (χ1n) is 5.11. The minimum atomic E-state index is -1.01. The first-order valence-corrected chi connectivity index (χ1v) is 5.11. The molecule has 1 aromatic rings. The normalized spacial score (nSPS) is 12.9. The van der Waals surface area contributed by atoms with Crippen LogP contribution in [0.3, 0.4) is 0 Å². The number of anilines is 1. The molecular formula is C11H15F3N2O. The van der Waals surface area contributed by atoms with Gasteiger partial charge in [-0.25, -0.2) is 13.2 Å². The van der Waals surface area contributed by atoms with E-state index in [-0.39, 0.29) is 6.54 Å². The highest BCUT2D eigenvalue weighted by atomic mass is 19.1. The Morgan fingerprint density at radius 3 is 2.24 bits per heavy atom. The van der Waals surface area contributed by atoms with Gasteiger partial charge in [-0.2, -0.15) is 0 Å². The van der Waals surface area contributed by atoms with E-state index in [0.29, 0.717) is 18.7 Å². The summed E-state index contributed by atoms with van der Waals surface area (Å²) in [5.41, 5.74) is -0.427. The van der Waals surface area contributed by atoms with Gasteiger partial charge in [0.1, 0.15) is 11.5 Å². The van der Waals surface area contributed by atoms with Crippen molar-refractivity contribution in [2.45, 2.75) is 6.10 Å². The lowest BCUT2D eigenvalue weighted by Crippen LogP contribution is -2.31. The van der Waals surface area contributed by atoms with Crippen LogP contribution in [0.5, 0.6) is 0 Å². The van der Waals surface area contributed by atoms with Crippen molar-refractivity contribution < 1.29 is 18.3 Å². The van der Waals surface area contributed by atoms with Crippen LogP contribution < -0.4 is 5.32 Å². The molecule has 17 heavy (non-hydrogen) atoms. The Balaban J connectivity index is 2.63. The Hall–Kier alpha value is -1.27. The number of hydrogen-bond donors (Lipinski definition) is 2. The van der Waals surface area contributed by atoms with Crippen LogP contribution in [0.2, 0.25) is 0 Å². The molecule has 96 valence electrons. The van der Waals surface area contributed by atoms with Crippen LogP contribution in [-0.2, 0) is 0 Å². The van der Waals surface area contributed by atoms with E-state index in [2.05, 4.69) is 5.32 Å². The van der Waals surface area contributed by atoms with Crippen LogP contribution in [0.4, 0.5) is 18.9 Å². The second-order valence-electron chi connectivity index (χ2n) is 4.04. The summed E-state index contributed by atoms with van der Waals surface area (Å²) < 4.78 is 39.0. The van der Waals surface area contributed by atoms with E-state index in [1.54, 1.807) is 19.0 Å². The van der Waals surface area contributed by atoms with Gasteiger partial charge < -0.3 is 15.3 Å². The van der Waals surface area contributed by atoms with Crippen molar-refractivity contribution in [3.63, 3.8) is 0 Å². The van der Waals surface area contributed by atoms with Crippen molar-refractivity contribution in [1.29, 1.82) is 0 Å². The fourth-order valence-electron chi connectivity index (χ4n) is 1.42. The third kappa shape index (κ3) is 4.24. The highest BCUT2D eigenvalue weighted by molar-refractivity contribution is 5.46. The monoisotopic (exact) mass is 248 g/mol. The number of aliphatic hydroxyl groups is 1. The van der Waals surface area contributed by atoms with Gasteiger partial charge in [0.05, 0.1) is 6.10 Å². The first-order chi connectivity index (χ1) is 7.90. The largest absolute Gasteiger partial charge is 0.390 e. The molecule has 0 bridgehead atoms. The zero-order valence-corrected chi connectivity index (χ0v) is 9.67. The SMILES string of the molecule is CN(C)CC(O)CNc1c(F)cc(F)cc1F. The maximum atomic E-state index is 13.2. The van der Waals surface area contributed by atoms with Gasteiger partial charge in [-0.1, -0.05) is 0 Å². The van der Waals surface area contributed by atoms with Crippen molar-refractivity contribution in [2.24, 2.45) is 0 Å². The van der Waals surface area contributed by atoms with Gasteiger partial charge in [-0.05, 0) is 14.1 Å². The van der Waals surface area contributed by atoms with Gasteiger partial charge in [0.25, 0.3) is 0 Å². The summed E-state index contributed by atoms with van der Waals surface area (Å²) in [5, 5.41) is 11.9. The van der Waals surface area contributed by atoms with Crippen LogP contribution in [-0.4, -0.2) is 43.3 Å². The fourth-order valence-corrected chi connectivity index (χ4v) is 1.42. The summed E-state index contributed by atoms with van der Waals surface area (Å²) in [6, 6.07) is 1.17. The summed E-state index contributed by atoms with van der Waals surface area (Å²) in [6.07, 6.45) is -0.770. The smallest absolute Gasteiger partial charge is 0.152 e. The number of benzene rings is 1. The van der Waals surface area contributed by atoms with Crippen LogP contribution in [0.25, 0.3) is 0 Å². The average Bonchev–Trinajstić information content (AvgIpc) is 2.14. The number of hydrogen-bond acceptors (Lipinski definition) is 3. The summed E-state index contributed by atoms with van der Waals surface area (Å²) in [7, 11) is 3.53. The molecule has 0 aliphatic carbocycles. The minimum Gasteiger partial charge on any atom is -0.390 e. The molecule has 1 rings (SSSR count). The van der Waals surface area contributed by atoms with Crippen molar-refractivity contribution in [3.8, 4) is 0 Å². The van der Waals surface area contributed by atoms with E-state index in [1.807, 2.05) is 0 Å². The molecule has 0 amide bonds. The number of rotatable bonds is 5. The number of nitrogens with one attached hydrogen (secondary N) is 1. The number of halogens is 3. The molecule has 0 spiro atoms. The predicted octanol–water partition coefficient (Wildman–Crippen LogP) is 1.44. The standard InChI is InChI=1S/C11H15F3N2O/c1-16(2)6-8(17)5-15-11-9(13)3-7(12)4-10(11)14/h3-4,8,15,17H,5-6H2,1-2H3. The Labute approximate surface area is 97.9 Å². The van der Waals surface area contributed by atoms with Gasteiger partial charge in [0.15, 0.2) is 11.6 Å². The van der Waals surface area contributed by atoms with E-state index in [1.165, 1.54) is 0 Å². The molecule has 3 nitrogen and oxygen atoms in total. The molecule has 0 aromatic heterocycles. The van der Waals surface area contributed by atoms with Gasteiger partial charge in [0, 0.05) is 25.2 Å². The second-order valence-corrected chi connectivity index (χ2v) is 4.04. The lowest BCUT2D eigenvalue weighted by molar-refractivity contribution is 0.148. The van der Waals surface area contributed by atoms with Crippen LogP contribution >= 0.6 is 0 Å². The summed E-state index contributed by atoms with van der Waals surface area (Å²) in [5.74, 6) is -3.00. The van der Waals surface area contributed by atoms with E-state index in [4.69, 9.17) is 0 Å². The maximum Gasteiger partial charge on any atom is 0.152 e. The van der Waals surface area contributed by atoms with Gasteiger partial charge in [-0.15, -0.1) is 0 Å².